The number of ether oxygens (including phenoxy) is 1. The van der Waals surface area contributed by atoms with Gasteiger partial charge < -0.3 is 20.7 Å². The van der Waals surface area contributed by atoms with Crippen LogP contribution in [0.1, 0.15) is 53.4 Å². The largest absolute Gasteiger partial charge is 0.444 e. The zero-order chi connectivity index (χ0) is 20.1. The zero-order valence-corrected chi connectivity index (χ0v) is 17.4. The molecule has 1 atom stereocenters. The molecule has 0 aliphatic carbocycles. The van der Waals surface area contributed by atoms with E-state index in [4.69, 9.17) is 4.74 Å². The van der Waals surface area contributed by atoms with Crippen molar-refractivity contribution in [1.82, 2.24) is 25.7 Å². The number of carbonyl (C=O) groups excluding carboxylic acids is 1. The molecule has 0 fully saturated rings. The Labute approximate surface area is 163 Å². The van der Waals surface area contributed by atoms with Crippen LogP contribution in [0.25, 0.3) is 0 Å². The number of hydrogen-bond acceptors (Lipinski definition) is 4. The van der Waals surface area contributed by atoms with Crippen molar-refractivity contribution in [1.29, 1.82) is 0 Å². The lowest BCUT2D eigenvalue weighted by Crippen LogP contribution is -2.49. The molecule has 0 aromatic carbocycles. The molecule has 1 aromatic heterocycles. The van der Waals surface area contributed by atoms with Crippen LogP contribution in [0.4, 0.5) is 4.79 Å². The number of rotatable bonds is 10. The first-order valence-corrected chi connectivity index (χ1v) is 9.75. The summed E-state index contributed by atoms with van der Waals surface area (Å²) in [7, 11) is 1.75. The van der Waals surface area contributed by atoms with Crippen molar-refractivity contribution in [3.05, 3.63) is 18.5 Å². The maximum absolute atomic E-state index is 11.9. The van der Waals surface area contributed by atoms with Gasteiger partial charge in [0.05, 0.1) is 0 Å². The fourth-order valence-corrected chi connectivity index (χ4v) is 2.47. The Morgan fingerprint density at radius 1 is 1.30 bits per heavy atom. The Bertz CT molecular complexity index is 551. The third-order valence-electron chi connectivity index (χ3n) is 3.78. The number of guanidine groups is 1. The number of amides is 1. The molecule has 1 rings (SSSR count). The Kier molecular flexibility index (Phi) is 10.3. The highest BCUT2D eigenvalue weighted by atomic mass is 16.6. The molecule has 1 heterocycles. The van der Waals surface area contributed by atoms with E-state index in [9.17, 15) is 4.79 Å². The molecule has 0 aliphatic heterocycles. The molecule has 0 bridgehead atoms. The highest BCUT2D eigenvalue weighted by Crippen LogP contribution is 2.07. The second-order valence-electron chi connectivity index (χ2n) is 7.49. The molecule has 0 spiro atoms. The Morgan fingerprint density at radius 3 is 2.67 bits per heavy atom. The summed E-state index contributed by atoms with van der Waals surface area (Å²) in [5.74, 6) is 0.738. The average molecular weight is 381 g/mol. The van der Waals surface area contributed by atoms with Gasteiger partial charge in [-0.3, -0.25) is 9.67 Å². The van der Waals surface area contributed by atoms with Crippen molar-refractivity contribution >= 4 is 12.1 Å². The number of nitrogens with one attached hydrogen (secondary N) is 3. The minimum absolute atomic E-state index is 0.0924. The minimum atomic E-state index is -0.497. The monoisotopic (exact) mass is 380 g/mol. The average Bonchev–Trinajstić information content (AvgIpc) is 3.11. The van der Waals surface area contributed by atoms with E-state index in [0.29, 0.717) is 6.54 Å². The molecule has 1 amide bonds. The standard InChI is InChI=1S/C19H36N6O2/c1-6-7-10-16(15-22-18(26)27-19(2,3)4)24-17(20-5)21-11-8-13-25-14-9-12-23-25/h9,12,14,16H,6-8,10-11,13,15H2,1-5H3,(H,22,26)(H2,20,21,24). The van der Waals surface area contributed by atoms with Gasteiger partial charge in [-0.1, -0.05) is 19.8 Å². The summed E-state index contributed by atoms with van der Waals surface area (Å²) in [4.78, 5) is 16.2. The SMILES string of the molecule is CCCCC(CNC(=O)OC(C)(C)C)NC(=NC)NCCCn1cccn1. The van der Waals surface area contributed by atoms with Crippen LogP contribution in [0.3, 0.4) is 0 Å². The van der Waals surface area contributed by atoms with Crippen LogP contribution in [0, 0.1) is 0 Å². The highest BCUT2D eigenvalue weighted by molar-refractivity contribution is 5.80. The van der Waals surface area contributed by atoms with E-state index in [-0.39, 0.29) is 6.04 Å². The molecule has 1 unspecified atom stereocenters. The van der Waals surface area contributed by atoms with E-state index in [2.05, 4.69) is 33.0 Å². The quantitative estimate of drug-likeness (QED) is 0.329. The van der Waals surface area contributed by atoms with Crippen LogP contribution in [-0.4, -0.2) is 53.6 Å². The van der Waals surface area contributed by atoms with E-state index in [1.54, 1.807) is 13.2 Å². The molecule has 27 heavy (non-hydrogen) atoms. The maximum Gasteiger partial charge on any atom is 0.407 e. The number of hydrogen-bond donors (Lipinski definition) is 3. The number of carbonyl (C=O) groups is 1. The fourth-order valence-electron chi connectivity index (χ4n) is 2.47. The van der Waals surface area contributed by atoms with Gasteiger partial charge in [0.1, 0.15) is 5.60 Å². The van der Waals surface area contributed by atoms with E-state index in [1.165, 1.54) is 0 Å². The van der Waals surface area contributed by atoms with Crippen molar-refractivity contribution < 1.29 is 9.53 Å². The van der Waals surface area contributed by atoms with Crippen molar-refractivity contribution in [2.75, 3.05) is 20.1 Å². The van der Waals surface area contributed by atoms with Crippen LogP contribution in [0.2, 0.25) is 0 Å². The van der Waals surface area contributed by atoms with Crippen molar-refractivity contribution in [3.8, 4) is 0 Å². The van der Waals surface area contributed by atoms with Crippen LogP contribution in [0.15, 0.2) is 23.5 Å². The smallest absolute Gasteiger partial charge is 0.407 e. The lowest BCUT2D eigenvalue weighted by molar-refractivity contribution is 0.0523. The Morgan fingerprint density at radius 2 is 2.07 bits per heavy atom. The van der Waals surface area contributed by atoms with E-state index in [1.807, 2.05) is 37.7 Å². The van der Waals surface area contributed by atoms with Gasteiger partial charge in [-0.15, -0.1) is 0 Å². The molecule has 0 saturated heterocycles. The zero-order valence-electron chi connectivity index (χ0n) is 17.4. The van der Waals surface area contributed by atoms with Crippen LogP contribution < -0.4 is 16.0 Å². The molecular weight excluding hydrogens is 344 g/mol. The number of aliphatic imine (C=N–C) groups is 1. The van der Waals surface area contributed by atoms with Gasteiger partial charge in [0.15, 0.2) is 5.96 Å². The minimum Gasteiger partial charge on any atom is -0.444 e. The first-order chi connectivity index (χ1) is 12.8. The predicted molar refractivity (Wildman–Crippen MR) is 109 cm³/mol. The first-order valence-electron chi connectivity index (χ1n) is 9.75. The van der Waals surface area contributed by atoms with Gasteiger partial charge in [0.25, 0.3) is 0 Å². The number of aromatic nitrogens is 2. The second-order valence-corrected chi connectivity index (χ2v) is 7.49. The second kappa shape index (κ2) is 12.2. The number of unbranched alkanes of at least 4 members (excludes halogenated alkanes) is 1. The highest BCUT2D eigenvalue weighted by Gasteiger charge is 2.18. The molecule has 8 nitrogen and oxygen atoms in total. The number of aryl methyl sites for hydroxylation is 1. The third kappa shape index (κ3) is 11.1. The summed E-state index contributed by atoms with van der Waals surface area (Å²) in [6.07, 6.45) is 7.40. The van der Waals surface area contributed by atoms with Crippen molar-refractivity contribution in [3.63, 3.8) is 0 Å². The topological polar surface area (TPSA) is 92.6 Å². The van der Waals surface area contributed by atoms with E-state index < -0.39 is 11.7 Å². The van der Waals surface area contributed by atoms with Gasteiger partial charge in [-0.25, -0.2) is 4.79 Å². The summed E-state index contributed by atoms with van der Waals surface area (Å²) < 4.78 is 7.22. The van der Waals surface area contributed by atoms with E-state index in [0.717, 1.165) is 44.7 Å². The molecule has 0 saturated carbocycles. The summed E-state index contributed by atoms with van der Waals surface area (Å²) in [6, 6.07) is 2.01. The molecule has 154 valence electrons. The summed E-state index contributed by atoms with van der Waals surface area (Å²) in [5, 5.41) is 13.8. The first kappa shape index (κ1) is 22.8. The fraction of sp³-hybridized carbons (Fsp3) is 0.737. The summed E-state index contributed by atoms with van der Waals surface area (Å²) in [5.41, 5.74) is -0.497. The van der Waals surface area contributed by atoms with Crippen LogP contribution >= 0.6 is 0 Å². The van der Waals surface area contributed by atoms with Crippen LogP contribution in [-0.2, 0) is 11.3 Å². The van der Waals surface area contributed by atoms with Gasteiger partial charge in [0.2, 0.25) is 0 Å². The van der Waals surface area contributed by atoms with Gasteiger partial charge in [0, 0.05) is 45.1 Å². The maximum atomic E-state index is 11.9. The summed E-state index contributed by atoms with van der Waals surface area (Å²) >= 11 is 0. The van der Waals surface area contributed by atoms with Gasteiger partial charge in [-0.2, -0.15) is 5.10 Å². The van der Waals surface area contributed by atoms with Crippen molar-refractivity contribution in [2.45, 2.75) is 71.6 Å². The van der Waals surface area contributed by atoms with Gasteiger partial charge >= 0.3 is 6.09 Å². The Hall–Kier alpha value is -2.25. The van der Waals surface area contributed by atoms with Crippen LogP contribution in [0.5, 0.6) is 0 Å². The molecule has 0 aliphatic rings. The van der Waals surface area contributed by atoms with E-state index >= 15 is 0 Å². The molecule has 8 heteroatoms. The lowest BCUT2D eigenvalue weighted by Gasteiger charge is -2.24. The number of nitrogens with zero attached hydrogens (tertiary/aromatic N) is 3. The molecule has 0 radical (unpaired) electrons. The molecular formula is C19H36N6O2. The van der Waals surface area contributed by atoms with Gasteiger partial charge in [-0.05, 0) is 39.7 Å². The molecule has 1 aromatic rings. The van der Waals surface area contributed by atoms with Crippen molar-refractivity contribution in [2.24, 2.45) is 4.99 Å². The number of alkyl carbamates (subject to hydrolysis) is 1. The normalized spacial score (nSPS) is 13.1. The third-order valence-corrected chi connectivity index (χ3v) is 3.78. The summed E-state index contributed by atoms with van der Waals surface area (Å²) in [6.45, 7) is 9.86. The molecule has 3 N–H and O–H groups in total. The Balaban J connectivity index is 2.40. The predicted octanol–water partition coefficient (Wildman–Crippen LogP) is 2.52. The lowest BCUT2D eigenvalue weighted by atomic mass is 10.1.